The van der Waals surface area contributed by atoms with Crippen LogP contribution in [0.4, 0.5) is 11.5 Å². The van der Waals surface area contributed by atoms with Crippen molar-refractivity contribution in [3.05, 3.63) is 58.3 Å². The van der Waals surface area contributed by atoms with E-state index in [1.165, 1.54) is 12.3 Å². The minimum absolute atomic E-state index is 0.0466. The molecule has 2 aliphatic heterocycles. The predicted octanol–water partition coefficient (Wildman–Crippen LogP) is 2.45. The molecular formula is C23H29N5O5S. The summed E-state index contributed by atoms with van der Waals surface area (Å²) in [5.74, 6) is 0.721. The SMILES string of the molecule is O=C(CCc1ccc(S(=O)(=O)N2CCCCC2)cc1)N1CCN(c2ccc([N+](=O)[O-])cn2)CC1. The lowest BCUT2D eigenvalue weighted by Crippen LogP contribution is -2.49. The first-order chi connectivity index (χ1) is 16.3. The summed E-state index contributed by atoms with van der Waals surface area (Å²) in [7, 11) is -3.45. The molecule has 2 saturated heterocycles. The number of piperazine rings is 1. The van der Waals surface area contributed by atoms with Gasteiger partial charge in [0, 0.05) is 51.8 Å². The average molecular weight is 488 g/mol. The van der Waals surface area contributed by atoms with E-state index in [0.717, 1.165) is 24.8 Å². The molecule has 1 aromatic heterocycles. The van der Waals surface area contributed by atoms with E-state index in [0.29, 0.717) is 62.8 Å². The molecule has 4 rings (SSSR count). The van der Waals surface area contributed by atoms with Crippen molar-refractivity contribution in [2.24, 2.45) is 0 Å². The van der Waals surface area contributed by atoms with Gasteiger partial charge in [0.15, 0.2) is 0 Å². The number of carbonyl (C=O) groups excluding carboxylic acids is 1. The molecule has 11 heteroatoms. The second-order valence-electron chi connectivity index (χ2n) is 8.61. The Morgan fingerprint density at radius 2 is 1.62 bits per heavy atom. The van der Waals surface area contributed by atoms with E-state index >= 15 is 0 Å². The number of hydrogen-bond donors (Lipinski definition) is 0. The number of benzene rings is 1. The minimum atomic E-state index is -3.45. The zero-order valence-corrected chi connectivity index (χ0v) is 19.8. The Hall–Kier alpha value is -3.05. The summed E-state index contributed by atoms with van der Waals surface area (Å²) in [5, 5.41) is 10.8. The largest absolute Gasteiger partial charge is 0.353 e. The Labute approximate surface area is 199 Å². The van der Waals surface area contributed by atoms with E-state index in [1.807, 2.05) is 9.80 Å². The fourth-order valence-electron chi connectivity index (χ4n) is 4.35. The van der Waals surface area contributed by atoms with E-state index in [1.54, 1.807) is 34.6 Å². The number of amides is 1. The summed E-state index contributed by atoms with van der Waals surface area (Å²) < 4.78 is 27.1. The lowest BCUT2D eigenvalue weighted by molar-refractivity contribution is -0.385. The van der Waals surface area contributed by atoms with Crippen LogP contribution in [0, 0.1) is 10.1 Å². The number of rotatable bonds is 7. The number of nitro groups is 1. The number of aromatic nitrogens is 1. The maximum Gasteiger partial charge on any atom is 0.287 e. The second kappa shape index (κ2) is 10.5. The van der Waals surface area contributed by atoms with E-state index in [4.69, 9.17) is 0 Å². The molecule has 0 N–H and O–H groups in total. The predicted molar refractivity (Wildman–Crippen MR) is 127 cm³/mol. The normalized spacial score (nSPS) is 17.5. The summed E-state index contributed by atoms with van der Waals surface area (Å²) in [4.78, 5) is 31.3. The number of pyridine rings is 1. The molecule has 0 radical (unpaired) electrons. The number of piperidine rings is 1. The molecule has 2 aliphatic rings. The van der Waals surface area contributed by atoms with E-state index in [2.05, 4.69) is 4.98 Å². The molecule has 0 saturated carbocycles. The molecule has 1 aromatic carbocycles. The first-order valence-corrected chi connectivity index (χ1v) is 13.0. The second-order valence-corrected chi connectivity index (χ2v) is 10.5. The fourth-order valence-corrected chi connectivity index (χ4v) is 5.87. The van der Waals surface area contributed by atoms with Crippen LogP contribution in [-0.4, -0.2) is 72.7 Å². The van der Waals surface area contributed by atoms with Gasteiger partial charge in [-0.2, -0.15) is 4.31 Å². The molecule has 182 valence electrons. The van der Waals surface area contributed by atoms with Gasteiger partial charge in [0.2, 0.25) is 15.9 Å². The van der Waals surface area contributed by atoms with Crippen LogP contribution in [0.5, 0.6) is 0 Å². The molecule has 2 aromatic rings. The molecule has 1 amide bonds. The van der Waals surface area contributed by atoms with Gasteiger partial charge in [-0.15, -0.1) is 0 Å². The van der Waals surface area contributed by atoms with Crippen molar-refractivity contribution in [2.45, 2.75) is 37.0 Å². The van der Waals surface area contributed by atoms with E-state index in [9.17, 15) is 23.3 Å². The molecule has 0 spiro atoms. The highest BCUT2D eigenvalue weighted by atomic mass is 32.2. The lowest BCUT2D eigenvalue weighted by atomic mass is 10.1. The number of nitrogens with zero attached hydrogens (tertiary/aromatic N) is 5. The maximum atomic E-state index is 12.8. The Bertz CT molecular complexity index is 1110. The highest BCUT2D eigenvalue weighted by Gasteiger charge is 2.26. The van der Waals surface area contributed by atoms with Crippen LogP contribution < -0.4 is 4.90 Å². The van der Waals surface area contributed by atoms with Gasteiger partial charge in [-0.3, -0.25) is 14.9 Å². The van der Waals surface area contributed by atoms with Gasteiger partial charge in [0.25, 0.3) is 5.69 Å². The topological polar surface area (TPSA) is 117 Å². The molecule has 0 aliphatic carbocycles. The van der Waals surface area contributed by atoms with Crippen molar-refractivity contribution >= 4 is 27.4 Å². The third kappa shape index (κ3) is 5.53. The molecule has 0 unspecified atom stereocenters. The van der Waals surface area contributed by atoms with Crippen LogP contribution in [0.3, 0.4) is 0 Å². The molecular weight excluding hydrogens is 458 g/mol. The van der Waals surface area contributed by atoms with Crippen LogP contribution in [0.25, 0.3) is 0 Å². The van der Waals surface area contributed by atoms with Crippen LogP contribution in [0.15, 0.2) is 47.5 Å². The Morgan fingerprint density at radius 3 is 2.21 bits per heavy atom. The molecule has 2 fully saturated rings. The summed E-state index contributed by atoms with van der Waals surface area (Å²) in [6, 6.07) is 9.93. The van der Waals surface area contributed by atoms with Gasteiger partial charge < -0.3 is 9.80 Å². The average Bonchev–Trinajstić information content (AvgIpc) is 2.88. The quantitative estimate of drug-likeness (QED) is 0.435. The summed E-state index contributed by atoms with van der Waals surface area (Å²) in [6.45, 7) is 3.49. The van der Waals surface area contributed by atoms with Crippen molar-refractivity contribution in [1.82, 2.24) is 14.2 Å². The zero-order valence-electron chi connectivity index (χ0n) is 19.0. The fraction of sp³-hybridized carbons (Fsp3) is 0.478. The molecule has 10 nitrogen and oxygen atoms in total. The van der Waals surface area contributed by atoms with E-state index < -0.39 is 14.9 Å². The summed E-state index contributed by atoms with van der Waals surface area (Å²) >= 11 is 0. The van der Waals surface area contributed by atoms with Gasteiger partial charge in [0.1, 0.15) is 12.0 Å². The smallest absolute Gasteiger partial charge is 0.287 e. The minimum Gasteiger partial charge on any atom is -0.353 e. The monoisotopic (exact) mass is 487 g/mol. The van der Waals surface area contributed by atoms with Crippen LogP contribution in [0.1, 0.15) is 31.2 Å². The van der Waals surface area contributed by atoms with Crippen molar-refractivity contribution in [1.29, 1.82) is 0 Å². The maximum absolute atomic E-state index is 12.8. The van der Waals surface area contributed by atoms with Gasteiger partial charge in [-0.05, 0) is 43.0 Å². The number of aryl methyl sites for hydroxylation is 1. The van der Waals surface area contributed by atoms with Crippen LogP contribution in [-0.2, 0) is 21.2 Å². The lowest BCUT2D eigenvalue weighted by Gasteiger charge is -2.35. The van der Waals surface area contributed by atoms with Crippen molar-refractivity contribution in [2.75, 3.05) is 44.2 Å². The first kappa shape index (κ1) is 24.1. The zero-order chi connectivity index (χ0) is 24.1. The number of anilines is 1. The van der Waals surface area contributed by atoms with Crippen molar-refractivity contribution < 1.29 is 18.1 Å². The number of sulfonamides is 1. The Morgan fingerprint density at radius 1 is 0.941 bits per heavy atom. The molecule has 3 heterocycles. The van der Waals surface area contributed by atoms with Gasteiger partial charge >= 0.3 is 0 Å². The first-order valence-electron chi connectivity index (χ1n) is 11.6. The highest BCUT2D eigenvalue weighted by molar-refractivity contribution is 7.89. The standard InChI is InChI=1S/C23H29N5O5S/c29-23(26-16-14-25(15-17-26)22-10-7-20(18-24-22)28(30)31)11-6-19-4-8-21(9-5-19)34(32,33)27-12-2-1-3-13-27/h4-5,7-10,18H,1-3,6,11-17H2. The molecule has 34 heavy (non-hydrogen) atoms. The third-order valence-corrected chi connectivity index (χ3v) is 8.32. The third-order valence-electron chi connectivity index (χ3n) is 6.40. The van der Waals surface area contributed by atoms with Crippen molar-refractivity contribution in [3.8, 4) is 0 Å². The Kier molecular flexibility index (Phi) is 7.42. The Balaban J connectivity index is 1.26. The number of carbonyl (C=O) groups is 1. The van der Waals surface area contributed by atoms with Gasteiger partial charge in [-0.1, -0.05) is 18.6 Å². The number of hydrogen-bond acceptors (Lipinski definition) is 7. The van der Waals surface area contributed by atoms with Gasteiger partial charge in [-0.25, -0.2) is 13.4 Å². The summed E-state index contributed by atoms with van der Waals surface area (Å²) in [5.41, 5.74) is 0.884. The van der Waals surface area contributed by atoms with Crippen LogP contribution in [0.2, 0.25) is 0 Å². The molecule has 0 bridgehead atoms. The highest BCUT2D eigenvalue weighted by Crippen LogP contribution is 2.22. The van der Waals surface area contributed by atoms with E-state index in [-0.39, 0.29) is 11.6 Å². The van der Waals surface area contributed by atoms with Gasteiger partial charge in [0.05, 0.1) is 9.82 Å². The van der Waals surface area contributed by atoms with Crippen molar-refractivity contribution in [3.63, 3.8) is 0 Å². The van der Waals surface area contributed by atoms with Crippen LogP contribution >= 0.6 is 0 Å². The molecule has 0 atom stereocenters. The summed E-state index contributed by atoms with van der Waals surface area (Å²) in [6.07, 6.45) is 5.02.